The Hall–Kier alpha value is -2.77. The number of aromatic nitrogens is 2. The van der Waals surface area contributed by atoms with E-state index in [4.69, 9.17) is 4.42 Å². The Balaban J connectivity index is 0.000000301. The van der Waals surface area contributed by atoms with Gasteiger partial charge in [-0.15, -0.1) is 40.7 Å². The van der Waals surface area contributed by atoms with Gasteiger partial charge in [0.05, 0.1) is 0 Å². The van der Waals surface area contributed by atoms with Gasteiger partial charge in [-0.2, -0.15) is 11.8 Å². The van der Waals surface area contributed by atoms with E-state index in [1.54, 1.807) is 29.4 Å². The number of carbonyl (C=O) groups excluding carboxylic acids is 1. The number of benzene rings is 2. The van der Waals surface area contributed by atoms with E-state index in [0.717, 1.165) is 53.3 Å². The van der Waals surface area contributed by atoms with Crippen LogP contribution in [0.5, 0.6) is 0 Å². The van der Waals surface area contributed by atoms with Gasteiger partial charge in [-0.05, 0) is 67.0 Å². The number of thioether (sulfide) groups is 1. The molecule has 3 aromatic heterocycles. The van der Waals surface area contributed by atoms with Crippen molar-refractivity contribution in [3.8, 4) is 11.3 Å². The molecule has 1 radical (unpaired) electrons. The van der Waals surface area contributed by atoms with Gasteiger partial charge in [0.15, 0.2) is 5.78 Å². The van der Waals surface area contributed by atoms with Crippen LogP contribution in [0, 0.1) is 23.8 Å². The number of aryl methyl sites for hydroxylation is 1. The van der Waals surface area contributed by atoms with E-state index in [0.29, 0.717) is 5.71 Å². The van der Waals surface area contributed by atoms with Gasteiger partial charge in [0.1, 0.15) is 17.7 Å². The number of ketones is 1. The Morgan fingerprint density at radius 3 is 2.23 bits per heavy atom. The predicted octanol–water partition coefficient (Wildman–Crippen LogP) is 12.5. The van der Waals surface area contributed by atoms with Gasteiger partial charge in [-0.1, -0.05) is 73.8 Å². The Labute approximate surface area is 308 Å². The first-order chi connectivity index (χ1) is 22.1. The van der Waals surface area contributed by atoms with Gasteiger partial charge in [-0.25, -0.2) is 4.98 Å². The van der Waals surface area contributed by atoms with Crippen LogP contribution >= 0.6 is 23.1 Å². The van der Waals surface area contributed by atoms with Crippen molar-refractivity contribution in [3.63, 3.8) is 0 Å². The molecule has 3 heterocycles. The summed E-state index contributed by atoms with van der Waals surface area (Å²) in [4.78, 5) is 23.7. The van der Waals surface area contributed by atoms with Crippen LogP contribution in [0.1, 0.15) is 98.4 Å². The zero-order valence-electron chi connectivity index (χ0n) is 30.0. The summed E-state index contributed by atoms with van der Waals surface area (Å²) in [5.74, 6) is 0.286. The Bertz CT molecular complexity index is 1940. The molecule has 0 aliphatic rings. The molecule has 48 heavy (non-hydrogen) atoms. The van der Waals surface area contributed by atoms with Crippen LogP contribution in [0.4, 0.5) is 0 Å². The van der Waals surface area contributed by atoms with Crippen molar-refractivity contribution in [1.82, 2.24) is 9.97 Å². The topological polar surface area (TPSA) is 76.2 Å². The molecule has 259 valence electrons. The number of hydrogen-bond donors (Lipinski definition) is 1. The molecule has 8 heteroatoms. The van der Waals surface area contributed by atoms with Crippen LogP contribution in [-0.2, 0) is 30.3 Å². The van der Waals surface area contributed by atoms with Crippen LogP contribution in [0.25, 0.3) is 43.4 Å². The number of aliphatic hydroxyl groups excluding tert-OH is 1. The summed E-state index contributed by atoms with van der Waals surface area (Å²) >= 11 is 3.40. The van der Waals surface area contributed by atoms with Crippen molar-refractivity contribution in [3.05, 3.63) is 77.0 Å². The van der Waals surface area contributed by atoms with Crippen molar-refractivity contribution in [2.24, 2.45) is 10.8 Å². The molecule has 5 rings (SSSR count). The monoisotopic (exact) mass is 862 g/mol. The standard InChI is InChI=1S/C25H21N2OS2.C15H28O2.Ir/c1-6-29-20-8-7-15(11-18(20)25(3,4)5)23-22-17-10-16-9-14(2)30-21(16)12-19(17)28-24(22)27-13-26-23;1-7-14(5,8-2)12(16)11-13(17)15(6,9-3)10-4;/h6,8-13H,1H2,2-5H3;11,16H,7-10H2,1-6H3;/q-1;;/b;12-11-;. The Morgan fingerprint density at radius 1 is 1.00 bits per heavy atom. The first-order valence-corrected chi connectivity index (χ1v) is 18.2. The minimum absolute atomic E-state index is 0. The molecule has 0 aliphatic carbocycles. The van der Waals surface area contributed by atoms with E-state index in [-0.39, 0.29) is 47.9 Å². The number of hydrogen-bond acceptors (Lipinski definition) is 7. The van der Waals surface area contributed by atoms with Crippen molar-refractivity contribution >= 4 is 61.0 Å². The van der Waals surface area contributed by atoms with Crippen molar-refractivity contribution < 1.29 is 34.4 Å². The van der Waals surface area contributed by atoms with Gasteiger partial charge < -0.3 is 9.52 Å². The SMILES string of the molecule is C=CSc1c[c-]c(-c2ncnc3oc4cc5sc(C)cc5cc4c23)cc1C(C)(C)C.CCC(C)(CC)C(=O)/C=C(\O)C(C)(CC)CC.[Ir]. The van der Waals surface area contributed by atoms with Gasteiger partial charge in [-0.3, -0.25) is 9.78 Å². The van der Waals surface area contributed by atoms with Gasteiger partial charge in [0.2, 0.25) is 5.71 Å². The molecular weight excluding hydrogens is 813 g/mol. The summed E-state index contributed by atoms with van der Waals surface area (Å²) in [6.45, 7) is 24.7. The summed E-state index contributed by atoms with van der Waals surface area (Å²) in [6, 6.07) is 14.2. The number of rotatable bonds is 10. The largest absolute Gasteiger partial charge is 0.512 e. The summed E-state index contributed by atoms with van der Waals surface area (Å²) < 4.78 is 7.34. The molecule has 0 atom stereocenters. The normalized spacial score (nSPS) is 12.6. The van der Waals surface area contributed by atoms with Crippen LogP contribution < -0.4 is 0 Å². The number of thiophene rings is 1. The van der Waals surface area contributed by atoms with Gasteiger partial charge >= 0.3 is 0 Å². The van der Waals surface area contributed by atoms with Crippen LogP contribution in [0.15, 0.2) is 69.8 Å². The molecule has 0 saturated carbocycles. The Morgan fingerprint density at radius 2 is 1.65 bits per heavy atom. The van der Waals surface area contributed by atoms with Crippen LogP contribution in [0.2, 0.25) is 0 Å². The average Bonchev–Trinajstić information content (AvgIpc) is 3.60. The van der Waals surface area contributed by atoms with Crippen LogP contribution in [-0.4, -0.2) is 20.9 Å². The fourth-order valence-electron chi connectivity index (χ4n) is 5.55. The number of fused-ring (bicyclic) bond motifs is 4. The summed E-state index contributed by atoms with van der Waals surface area (Å²) in [5, 5.41) is 15.2. The van der Waals surface area contributed by atoms with E-state index in [2.05, 4.69) is 74.6 Å². The minimum atomic E-state index is -0.337. The maximum Gasteiger partial charge on any atom is 0.221 e. The van der Waals surface area contributed by atoms with Gasteiger partial charge in [0.25, 0.3) is 0 Å². The predicted molar refractivity (Wildman–Crippen MR) is 202 cm³/mol. The fourth-order valence-corrected chi connectivity index (χ4v) is 7.28. The minimum Gasteiger partial charge on any atom is -0.512 e. The third-order valence-electron chi connectivity index (χ3n) is 9.82. The van der Waals surface area contributed by atoms with E-state index in [1.807, 2.05) is 53.0 Å². The molecule has 0 fully saturated rings. The Kier molecular flexibility index (Phi) is 13.1. The molecule has 5 nitrogen and oxygen atoms in total. The summed E-state index contributed by atoms with van der Waals surface area (Å²) in [6.07, 6.45) is 6.33. The van der Waals surface area contributed by atoms with E-state index >= 15 is 0 Å². The third kappa shape index (κ3) is 8.15. The molecule has 0 saturated heterocycles. The molecule has 0 amide bonds. The first-order valence-electron chi connectivity index (χ1n) is 16.5. The quantitative estimate of drug-likeness (QED) is 0.0652. The fraction of sp³-hybridized carbons (Fsp3) is 0.425. The maximum absolute atomic E-state index is 12.2. The molecule has 0 bridgehead atoms. The number of allylic oxidation sites excluding steroid dienone is 2. The van der Waals surface area contributed by atoms with E-state index in [9.17, 15) is 9.90 Å². The van der Waals surface area contributed by atoms with Crippen molar-refractivity contribution in [2.75, 3.05) is 0 Å². The molecule has 0 spiro atoms. The van der Waals surface area contributed by atoms with Crippen molar-refractivity contribution in [2.45, 2.75) is 105 Å². The summed E-state index contributed by atoms with van der Waals surface area (Å²) in [7, 11) is 0. The number of aliphatic hydroxyl groups is 1. The molecule has 2 aromatic carbocycles. The molecular formula is C40H49IrN2O3S2-. The molecule has 0 unspecified atom stereocenters. The molecule has 5 aromatic rings. The van der Waals surface area contributed by atoms with Crippen molar-refractivity contribution in [1.29, 1.82) is 0 Å². The molecule has 0 aliphatic heterocycles. The number of nitrogens with zero attached hydrogens (tertiary/aromatic N) is 2. The van der Waals surface area contributed by atoms with E-state index < -0.39 is 0 Å². The number of carbonyl (C=O) groups is 1. The smallest absolute Gasteiger partial charge is 0.221 e. The maximum atomic E-state index is 12.2. The average molecular weight is 862 g/mol. The summed E-state index contributed by atoms with van der Waals surface area (Å²) in [5.41, 5.74) is 3.89. The first kappa shape index (κ1) is 39.7. The van der Waals surface area contributed by atoms with E-state index in [1.165, 1.54) is 31.5 Å². The van der Waals surface area contributed by atoms with Crippen LogP contribution in [0.3, 0.4) is 0 Å². The number of furan rings is 1. The second kappa shape index (κ2) is 15.8. The zero-order valence-corrected chi connectivity index (χ0v) is 34.0. The van der Waals surface area contributed by atoms with Gasteiger partial charge in [0, 0.05) is 63.1 Å². The second-order valence-electron chi connectivity index (χ2n) is 13.8. The second-order valence-corrected chi connectivity index (χ2v) is 16.1. The third-order valence-corrected chi connectivity index (χ3v) is 11.6. The zero-order chi connectivity index (χ0) is 34.7. The molecule has 1 N–H and O–H groups in total.